The number of ether oxygens (including phenoxy) is 1. The minimum atomic E-state index is 0.351. The van der Waals surface area contributed by atoms with Crippen LogP contribution in [-0.2, 0) is 4.74 Å². The van der Waals surface area contributed by atoms with Crippen LogP contribution in [0.15, 0.2) is 0 Å². The van der Waals surface area contributed by atoms with E-state index in [1.165, 1.54) is 25.8 Å². The van der Waals surface area contributed by atoms with E-state index in [9.17, 15) is 0 Å². The lowest BCUT2D eigenvalue weighted by Crippen LogP contribution is -2.49. The van der Waals surface area contributed by atoms with E-state index in [2.05, 4.69) is 32.6 Å². The van der Waals surface area contributed by atoms with Crippen molar-refractivity contribution >= 4 is 0 Å². The van der Waals surface area contributed by atoms with E-state index in [4.69, 9.17) is 10.5 Å². The van der Waals surface area contributed by atoms with Crippen LogP contribution in [0.5, 0.6) is 0 Å². The molecule has 1 aliphatic rings. The Kier molecular flexibility index (Phi) is 7.20. The molecular formula is C15H32N2O. The Morgan fingerprint density at radius 3 is 2.67 bits per heavy atom. The summed E-state index contributed by atoms with van der Waals surface area (Å²) in [6.07, 6.45) is 5.29. The Balaban J connectivity index is 2.29. The van der Waals surface area contributed by atoms with Crippen molar-refractivity contribution in [3.63, 3.8) is 0 Å². The fourth-order valence-corrected chi connectivity index (χ4v) is 2.79. The molecule has 0 aliphatic carbocycles. The molecule has 0 spiro atoms. The molecule has 0 aromatic rings. The van der Waals surface area contributed by atoms with Crippen LogP contribution in [0.3, 0.4) is 0 Å². The maximum atomic E-state index is 5.80. The highest BCUT2D eigenvalue weighted by Crippen LogP contribution is 2.18. The van der Waals surface area contributed by atoms with Crippen molar-refractivity contribution in [3.8, 4) is 0 Å². The molecule has 0 aromatic carbocycles. The minimum absolute atomic E-state index is 0.351. The molecule has 108 valence electrons. The quantitative estimate of drug-likeness (QED) is 0.761. The summed E-state index contributed by atoms with van der Waals surface area (Å²) in [7, 11) is 0. The van der Waals surface area contributed by atoms with Crippen molar-refractivity contribution in [3.05, 3.63) is 0 Å². The van der Waals surface area contributed by atoms with Crippen molar-refractivity contribution < 1.29 is 4.74 Å². The number of hydrogen-bond acceptors (Lipinski definition) is 3. The van der Waals surface area contributed by atoms with Gasteiger partial charge < -0.3 is 10.5 Å². The lowest BCUT2D eigenvalue weighted by atomic mass is 10.00. The summed E-state index contributed by atoms with van der Waals surface area (Å²) in [5, 5.41) is 0. The van der Waals surface area contributed by atoms with E-state index in [1.54, 1.807) is 0 Å². The fourth-order valence-electron chi connectivity index (χ4n) is 2.79. The van der Waals surface area contributed by atoms with Crippen LogP contribution in [0, 0.1) is 5.92 Å². The maximum Gasteiger partial charge on any atom is 0.0674 e. The Morgan fingerprint density at radius 2 is 2.06 bits per heavy atom. The summed E-state index contributed by atoms with van der Waals surface area (Å²) in [6, 6.07) is 0.973. The molecule has 4 atom stereocenters. The second-order valence-corrected chi connectivity index (χ2v) is 6.17. The first-order chi connectivity index (χ1) is 8.52. The van der Waals surface area contributed by atoms with E-state index in [-0.39, 0.29) is 0 Å². The van der Waals surface area contributed by atoms with Gasteiger partial charge in [0.25, 0.3) is 0 Å². The largest absolute Gasteiger partial charge is 0.376 e. The van der Waals surface area contributed by atoms with E-state index in [0.29, 0.717) is 18.2 Å². The van der Waals surface area contributed by atoms with Crippen LogP contribution in [0.4, 0.5) is 0 Å². The molecule has 0 saturated carbocycles. The Morgan fingerprint density at radius 1 is 1.33 bits per heavy atom. The van der Waals surface area contributed by atoms with Crippen molar-refractivity contribution in [2.24, 2.45) is 11.7 Å². The molecule has 0 radical (unpaired) electrons. The summed E-state index contributed by atoms with van der Waals surface area (Å²) in [6.45, 7) is 12.1. The minimum Gasteiger partial charge on any atom is -0.376 e. The van der Waals surface area contributed by atoms with Crippen LogP contribution in [0.25, 0.3) is 0 Å². The van der Waals surface area contributed by atoms with Gasteiger partial charge in [0, 0.05) is 25.2 Å². The fraction of sp³-hybridized carbons (Fsp3) is 1.00. The van der Waals surface area contributed by atoms with Gasteiger partial charge in [-0.05, 0) is 39.0 Å². The highest BCUT2D eigenvalue weighted by atomic mass is 16.5. The molecule has 1 aliphatic heterocycles. The van der Waals surface area contributed by atoms with Gasteiger partial charge in [-0.25, -0.2) is 0 Å². The summed E-state index contributed by atoms with van der Waals surface area (Å²) in [5.74, 6) is 0.767. The van der Waals surface area contributed by atoms with Crippen LogP contribution < -0.4 is 5.73 Å². The van der Waals surface area contributed by atoms with E-state index >= 15 is 0 Å². The molecule has 3 nitrogen and oxygen atoms in total. The molecule has 0 aromatic heterocycles. The molecule has 18 heavy (non-hydrogen) atoms. The van der Waals surface area contributed by atoms with Gasteiger partial charge in [0.2, 0.25) is 0 Å². The predicted octanol–water partition coefficient (Wildman–Crippen LogP) is 2.64. The molecule has 0 amide bonds. The molecule has 2 N–H and O–H groups in total. The summed E-state index contributed by atoms with van der Waals surface area (Å²) >= 11 is 0. The van der Waals surface area contributed by atoms with Gasteiger partial charge in [-0.1, -0.05) is 20.3 Å². The SMILES string of the molecule is CCC1COC(C)CN1CC(C)CCCC(C)N. The van der Waals surface area contributed by atoms with E-state index in [1.807, 2.05) is 0 Å². The average molecular weight is 256 g/mol. The van der Waals surface area contributed by atoms with Gasteiger partial charge in [0.1, 0.15) is 0 Å². The van der Waals surface area contributed by atoms with Gasteiger partial charge in [0.15, 0.2) is 0 Å². The van der Waals surface area contributed by atoms with E-state index < -0.39 is 0 Å². The summed E-state index contributed by atoms with van der Waals surface area (Å²) in [4.78, 5) is 2.63. The molecular weight excluding hydrogens is 224 g/mol. The van der Waals surface area contributed by atoms with Crippen molar-refractivity contribution in [1.29, 1.82) is 0 Å². The van der Waals surface area contributed by atoms with Gasteiger partial charge in [0.05, 0.1) is 12.7 Å². The maximum absolute atomic E-state index is 5.80. The molecule has 1 rings (SSSR count). The second-order valence-electron chi connectivity index (χ2n) is 6.17. The smallest absolute Gasteiger partial charge is 0.0674 e. The summed E-state index contributed by atoms with van der Waals surface area (Å²) < 4.78 is 5.75. The zero-order valence-electron chi connectivity index (χ0n) is 12.7. The van der Waals surface area contributed by atoms with Crippen LogP contribution >= 0.6 is 0 Å². The third-order valence-electron chi connectivity index (χ3n) is 3.95. The topological polar surface area (TPSA) is 38.5 Å². The molecule has 4 unspecified atom stereocenters. The first kappa shape index (κ1) is 15.9. The van der Waals surface area contributed by atoms with Gasteiger partial charge in [-0.15, -0.1) is 0 Å². The Hall–Kier alpha value is -0.120. The van der Waals surface area contributed by atoms with Crippen molar-refractivity contribution in [2.75, 3.05) is 19.7 Å². The zero-order valence-corrected chi connectivity index (χ0v) is 12.7. The molecule has 1 fully saturated rings. The third kappa shape index (κ3) is 5.68. The summed E-state index contributed by atoms with van der Waals surface area (Å²) in [5.41, 5.74) is 5.80. The van der Waals surface area contributed by atoms with E-state index in [0.717, 1.165) is 25.5 Å². The molecule has 3 heteroatoms. The molecule has 1 saturated heterocycles. The van der Waals surface area contributed by atoms with Crippen LogP contribution in [0.2, 0.25) is 0 Å². The monoisotopic (exact) mass is 256 g/mol. The number of rotatable bonds is 7. The van der Waals surface area contributed by atoms with Gasteiger partial charge in [-0.3, -0.25) is 4.90 Å². The Bertz CT molecular complexity index is 221. The van der Waals surface area contributed by atoms with Gasteiger partial charge in [-0.2, -0.15) is 0 Å². The van der Waals surface area contributed by atoms with Crippen LogP contribution in [-0.4, -0.2) is 42.8 Å². The lowest BCUT2D eigenvalue weighted by molar-refractivity contribution is -0.0602. The number of morpholine rings is 1. The zero-order chi connectivity index (χ0) is 13.5. The first-order valence-electron chi connectivity index (χ1n) is 7.64. The highest BCUT2D eigenvalue weighted by molar-refractivity contribution is 4.79. The second kappa shape index (κ2) is 8.13. The Labute approximate surface area is 113 Å². The highest BCUT2D eigenvalue weighted by Gasteiger charge is 2.26. The standard InChI is InChI=1S/C15H32N2O/c1-5-15-11-18-14(4)10-17(15)9-12(2)7-6-8-13(3)16/h12-15H,5-11,16H2,1-4H3. The number of hydrogen-bond donors (Lipinski definition) is 1. The molecule has 1 heterocycles. The first-order valence-corrected chi connectivity index (χ1v) is 7.64. The average Bonchev–Trinajstić information content (AvgIpc) is 2.28. The number of nitrogens with zero attached hydrogens (tertiary/aromatic N) is 1. The normalized spacial score (nSPS) is 29.2. The van der Waals surface area contributed by atoms with Crippen molar-refractivity contribution in [2.45, 2.75) is 71.6 Å². The van der Waals surface area contributed by atoms with Crippen LogP contribution in [0.1, 0.15) is 53.4 Å². The van der Waals surface area contributed by atoms with Gasteiger partial charge >= 0.3 is 0 Å². The van der Waals surface area contributed by atoms with Crippen molar-refractivity contribution in [1.82, 2.24) is 4.90 Å². The molecule has 0 bridgehead atoms. The third-order valence-corrected chi connectivity index (χ3v) is 3.95. The lowest BCUT2D eigenvalue weighted by Gasteiger charge is -2.39. The number of nitrogens with two attached hydrogens (primary N) is 1. The predicted molar refractivity (Wildman–Crippen MR) is 77.7 cm³/mol.